The summed E-state index contributed by atoms with van der Waals surface area (Å²) < 4.78 is 11.4. The van der Waals surface area contributed by atoms with Gasteiger partial charge in [-0.2, -0.15) is 0 Å². The average Bonchev–Trinajstić information content (AvgIpc) is 2.77. The number of nitrogens with zero attached hydrogens (tertiary/aromatic N) is 3. The smallest absolute Gasteiger partial charge is 0.134 e. The van der Waals surface area contributed by atoms with Crippen LogP contribution in [0.3, 0.4) is 0 Å². The van der Waals surface area contributed by atoms with E-state index >= 15 is 0 Å². The molecule has 0 unspecified atom stereocenters. The Morgan fingerprint density at radius 3 is 2.88 bits per heavy atom. The van der Waals surface area contributed by atoms with Crippen molar-refractivity contribution >= 4 is 0 Å². The number of aromatic nitrogens is 2. The number of aryl methyl sites for hydroxylation is 1. The number of para-hydroxylation sites is 1. The van der Waals surface area contributed by atoms with Gasteiger partial charge in [-0.05, 0) is 18.6 Å². The third-order valence-electron chi connectivity index (χ3n) is 4.05. The maximum atomic E-state index is 10.9. The lowest BCUT2D eigenvalue weighted by atomic mass is 10.1. The Balaban J connectivity index is 1.63. The molecule has 3 rings (SSSR count). The number of hydrogen-bond acceptors (Lipinski definition) is 6. The highest BCUT2D eigenvalue weighted by molar-refractivity contribution is 5.31. The van der Waals surface area contributed by atoms with Gasteiger partial charge < -0.3 is 14.6 Å². The minimum atomic E-state index is -1.05. The standard InChI is InChI=1S/C18H23N3O3/c1-15-4-2-3-5-17(15)24-13-18(22)11-21(6-7-23-12-18)10-16-8-19-14-20-9-16/h2-5,8-9,14,22H,6-7,10-13H2,1H3/t18-/m1/s1. The second-order valence-corrected chi connectivity index (χ2v) is 6.29. The van der Waals surface area contributed by atoms with Gasteiger partial charge in [0.25, 0.3) is 0 Å². The monoisotopic (exact) mass is 329 g/mol. The van der Waals surface area contributed by atoms with E-state index in [-0.39, 0.29) is 13.2 Å². The van der Waals surface area contributed by atoms with Crippen LogP contribution in [0.4, 0.5) is 0 Å². The zero-order chi connectivity index (χ0) is 16.8. The maximum Gasteiger partial charge on any atom is 0.134 e. The van der Waals surface area contributed by atoms with E-state index in [1.807, 2.05) is 31.2 Å². The van der Waals surface area contributed by atoms with E-state index in [1.54, 1.807) is 12.4 Å². The Hall–Kier alpha value is -2.02. The Bertz CT molecular complexity index is 653. The van der Waals surface area contributed by atoms with Crippen molar-refractivity contribution < 1.29 is 14.6 Å². The molecule has 24 heavy (non-hydrogen) atoms. The molecule has 1 aliphatic heterocycles. The molecule has 0 aliphatic carbocycles. The summed E-state index contributed by atoms with van der Waals surface area (Å²) in [6, 6.07) is 7.80. The Morgan fingerprint density at radius 2 is 2.08 bits per heavy atom. The summed E-state index contributed by atoms with van der Waals surface area (Å²) >= 11 is 0. The molecule has 0 amide bonds. The van der Waals surface area contributed by atoms with E-state index in [4.69, 9.17) is 9.47 Å². The van der Waals surface area contributed by atoms with Crippen LogP contribution >= 0.6 is 0 Å². The highest BCUT2D eigenvalue weighted by atomic mass is 16.5. The first-order chi connectivity index (χ1) is 11.6. The van der Waals surface area contributed by atoms with Crippen molar-refractivity contribution in [3.05, 3.63) is 54.1 Å². The first kappa shape index (κ1) is 16.8. The van der Waals surface area contributed by atoms with Gasteiger partial charge in [-0.15, -0.1) is 0 Å². The molecule has 1 aliphatic rings. The van der Waals surface area contributed by atoms with Crippen LogP contribution in [0.25, 0.3) is 0 Å². The summed E-state index contributed by atoms with van der Waals surface area (Å²) in [5.41, 5.74) is 1.02. The molecule has 2 heterocycles. The number of hydrogen-bond donors (Lipinski definition) is 1. The molecule has 0 saturated carbocycles. The van der Waals surface area contributed by atoms with Gasteiger partial charge in [-0.3, -0.25) is 4.90 Å². The highest BCUT2D eigenvalue weighted by Crippen LogP contribution is 2.20. The lowest BCUT2D eigenvalue weighted by Gasteiger charge is -2.30. The number of ether oxygens (including phenoxy) is 2. The van der Waals surface area contributed by atoms with E-state index in [9.17, 15) is 5.11 Å². The van der Waals surface area contributed by atoms with Crippen LogP contribution in [-0.2, 0) is 11.3 Å². The van der Waals surface area contributed by atoms with E-state index in [0.29, 0.717) is 19.7 Å². The SMILES string of the molecule is Cc1ccccc1OC[C@]1(O)COCCN(Cc2cncnc2)C1. The fourth-order valence-corrected chi connectivity index (χ4v) is 2.82. The minimum Gasteiger partial charge on any atom is -0.490 e. The van der Waals surface area contributed by atoms with Crippen molar-refractivity contribution in [1.82, 2.24) is 14.9 Å². The molecule has 1 N–H and O–H groups in total. The van der Waals surface area contributed by atoms with Crippen molar-refractivity contribution in [3.8, 4) is 5.75 Å². The summed E-state index contributed by atoms with van der Waals surface area (Å²) in [6.07, 6.45) is 5.10. The summed E-state index contributed by atoms with van der Waals surface area (Å²) in [6.45, 7) is 4.94. The molecule has 2 aromatic rings. The van der Waals surface area contributed by atoms with Crippen LogP contribution < -0.4 is 4.74 Å². The van der Waals surface area contributed by atoms with Gasteiger partial charge in [0.2, 0.25) is 0 Å². The third kappa shape index (κ3) is 4.50. The van der Waals surface area contributed by atoms with E-state index in [2.05, 4.69) is 14.9 Å². The van der Waals surface area contributed by atoms with Crippen molar-refractivity contribution in [2.75, 3.05) is 32.9 Å². The minimum absolute atomic E-state index is 0.194. The van der Waals surface area contributed by atoms with Crippen molar-refractivity contribution in [1.29, 1.82) is 0 Å². The molecule has 1 aromatic heterocycles. The van der Waals surface area contributed by atoms with E-state index in [1.165, 1.54) is 6.33 Å². The molecule has 0 radical (unpaired) electrons. The van der Waals surface area contributed by atoms with Gasteiger partial charge in [-0.25, -0.2) is 9.97 Å². The molecular weight excluding hydrogens is 306 g/mol. The predicted octanol–water partition coefficient (Wildman–Crippen LogP) is 1.43. The van der Waals surface area contributed by atoms with Crippen LogP contribution in [-0.4, -0.2) is 58.5 Å². The molecule has 1 atom stereocenters. The van der Waals surface area contributed by atoms with Crippen LogP contribution in [0.2, 0.25) is 0 Å². The quantitative estimate of drug-likeness (QED) is 0.895. The lowest BCUT2D eigenvalue weighted by molar-refractivity contribution is -0.0647. The first-order valence-corrected chi connectivity index (χ1v) is 8.09. The molecule has 128 valence electrons. The number of rotatable bonds is 5. The largest absolute Gasteiger partial charge is 0.490 e. The van der Waals surface area contributed by atoms with Gasteiger partial charge in [0.15, 0.2) is 0 Å². The fraction of sp³-hybridized carbons (Fsp3) is 0.444. The Labute approximate surface area is 142 Å². The van der Waals surface area contributed by atoms with Crippen molar-refractivity contribution in [2.45, 2.75) is 19.1 Å². The number of benzene rings is 1. The lowest BCUT2D eigenvalue weighted by Crippen LogP contribution is -2.48. The summed E-state index contributed by atoms with van der Waals surface area (Å²) in [7, 11) is 0. The van der Waals surface area contributed by atoms with Crippen LogP contribution in [0.1, 0.15) is 11.1 Å². The van der Waals surface area contributed by atoms with Crippen molar-refractivity contribution in [3.63, 3.8) is 0 Å². The van der Waals surface area contributed by atoms with Gasteiger partial charge >= 0.3 is 0 Å². The molecule has 0 spiro atoms. The topological polar surface area (TPSA) is 67.7 Å². The van der Waals surface area contributed by atoms with Crippen molar-refractivity contribution in [2.24, 2.45) is 0 Å². The number of aliphatic hydroxyl groups is 1. The Morgan fingerprint density at radius 1 is 1.29 bits per heavy atom. The van der Waals surface area contributed by atoms with Crippen LogP contribution in [0.15, 0.2) is 43.0 Å². The van der Waals surface area contributed by atoms with Crippen LogP contribution in [0, 0.1) is 6.92 Å². The molecule has 6 heteroatoms. The number of β-amino-alcohol motifs (C(OH)–C–C–N with tert-alkyl or cyclic N) is 1. The summed E-state index contributed by atoms with van der Waals surface area (Å²) in [5.74, 6) is 0.790. The second-order valence-electron chi connectivity index (χ2n) is 6.29. The molecule has 1 fully saturated rings. The van der Waals surface area contributed by atoms with E-state index in [0.717, 1.165) is 23.4 Å². The molecular formula is C18H23N3O3. The zero-order valence-electron chi connectivity index (χ0n) is 13.9. The van der Waals surface area contributed by atoms with Gasteiger partial charge in [0.05, 0.1) is 13.2 Å². The second kappa shape index (κ2) is 7.70. The molecule has 0 bridgehead atoms. The van der Waals surface area contributed by atoms with Gasteiger partial charge in [0.1, 0.15) is 24.3 Å². The van der Waals surface area contributed by atoms with Crippen LogP contribution in [0.5, 0.6) is 5.75 Å². The normalized spacial score (nSPS) is 22.1. The molecule has 1 saturated heterocycles. The fourth-order valence-electron chi connectivity index (χ4n) is 2.82. The highest BCUT2D eigenvalue weighted by Gasteiger charge is 2.33. The zero-order valence-corrected chi connectivity index (χ0v) is 13.9. The first-order valence-electron chi connectivity index (χ1n) is 8.09. The maximum absolute atomic E-state index is 10.9. The van der Waals surface area contributed by atoms with Gasteiger partial charge in [-0.1, -0.05) is 18.2 Å². The van der Waals surface area contributed by atoms with E-state index < -0.39 is 5.60 Å². The van der Waals surface area contributed by atoms with Gasteiger partial charge in [0, 0.05) is 37.6 Å². The average molecular weight is 329 g/mol. The summed E-state index contributed by atoms with van der Waals surface area (Å²) in [4.78, 5) is 10.2. The summed E-state index contributed by atoms with van der Waals surface area (Å²) in [5, 5.41) is 10.9. The third-order valence-corrected chi connectivity index (χ3v) is 4.05. The molecule has 6 nitrogen and oxygen atoms in total. The Kier molecular flexibility index (Phi) is 5.40. The predicted molar refractivity (Wildman–Crippen MR) is 89.8 cm³/mol. The molecule has 1 aromatic carbocycles.